The maximum Gasteiger partial charge on any atom is 0.417 e. The number of nitrogens with zero attached hydrogens (tertiary/aromatic N) is 3. The second-order valence-corrected chi connectivity index (χ2v) is 8.14. The number of hydrogen-bond donors (Lipinski definition) is 0. The van der Waals surface area contributed by atoms with Crippen molar-refractivity contribution in [2.45, 2.75) is 19.4 Å². The number of aryl methyl sites for hydroxylation is 2. The number of hydrogen-bond acceptors (Lipinski definition) is 6. The summed E-state index contributed by atoms with van der Waals surface area (Å²) in [5, 5.41) is 4.71. The Morgan fingerprint density at radius 2 is 1.94 bits per heavy atom. The number of halogens is 1. The lowest BCUT2D eigenvalue weighted by molar-refractivity contribution is -0.142. The third-order valence-corrected chi connectivity index (χ3v) is 5.88. The number of methoxy groups -OCH3 is 1. The zero-order valence-electron chi connectivity index (χ0n) is 18.6. The third kappa shape index (κ3) is 4.80. The van der Waals surface area contributed by atoms with Crippen LogP contribution < -0.4 is 9.47 Å². The number of rotatable bonds is 5. The van der Waals surface area contributed by atoms with Crippen LogP contribution in [0.2, 0.25) is 5.02 Å². The van der Waals surface area contributed by atoms with Crippen LogP contribution in [-0.2, 0) is 23.0 Å². The van der Waals surface area contributed by atoms with Gasteiger partial charge in [0.1, 0.15) is 5.75 Å². The summed E-state index contributed by atoms with van der Waals surface area (Å²) in [5.74, 6) is 0.144. The van der Waals surface area contributed by atoms with Gasteiger partial charge in [-0.25, -0.2) is 9.59 Å². The molecule has 1 aliphatic rings. The van der Waals surface area contributed by atoms with Gasteiger partial charge in [-0.15, -0.1) is 5.10 Å². The summed E-state index contributed by atoms with van der Waals surface area (Å²) in [6, 6.07) is 14.2. The van der Waals surface area contributed by atoms with E-state index in [9.17, 15) is 9.59 Å². The molecule has 172 valence electrons. The van der Waals surface area contributed by atoms with E-state index < -0.39 is 18.1 Å². The second-order valence-electron chi connectivity index (χ2n) is 7.71. The summed E-state index contributed by atoms with van der Waals surface area (Å²) in [6.07, 6.45) is 0.133. The third-order valence-electron chi connectivity index (χ3n) is 5.64. The van der Waals surface area contributed by atoms with Crippen LogP contribution in [0, 0.1) is 6.92 Å². The highest BCUT2D eigenvalue weighted by atomic mass is 35.5. The highest BCUT2D eigenvalue weighted by Crippen LogP contribution is 2.40. The summed E-state index contributed by atoms with van der Waals surface area (Å²) in [4.78, 5) is 26.6. The highest BCUT2D eigenvalue weighted by Gasteiger charge is 2.35. The first kappa shape index (κ1) is 22.7. The molecule has 0 fully saturated rings. The molecule has 0 radical (unpaired) electrons. The first-order chi connectivity index (χ1) is 15.9. The van der Waals surface area contributed by atoms with Gasteiger partial charge in [-0.3, -0.25) is 9.58 Å². The molecule has 1 atom stereocenters. The molecule has 9 heteroatoms. The minimum atomic E-state index is -0.536. The molecule has 8 nitrogen and oxygen atoms in total. The number of ether oxygens (including phenoxy) is 3. The van der Waals surface area contributed by atoms with Crippen LogP contribution >= 0.6 is 11.6 Å². The first-order valence-corrected chi connectivity index (χ1v) is 10.8. The summed E-state index contributed by atoms with van der Waals surface area (Å²) in [6.45, 7) is 2.04. The van der Waals surface area contributed by atoms with Gasteiger partial charge in [-0.05, 0) is 42.7 Å². The van der Waals surface area contributed by atoms with Crippen LogP contribution in [0.5, 0.6) is 11.6 Å². The summed E-state index contributed by atoms with van der Waals surface area (Å²) >= 11 is 6.34. The maximum atomic E-state index is 13.3. The average molecular weight is 470 g/mol. The maximum absolute atomic E-state index is 13.3. The van der Waals surface area contributed by atoms with Crippen molar-refractivity contribution in [3.05, 3.63) is 75.9 Å². The van der Waals surface area contributed by atoms with Gasteiger partial charge in [-0.2, -0.15) is 0 Å². The normalized spacial score (nSPS) is 15.0. The minimum absolute atomic E-state index is 0.228. The topological polar surface area (TPSA) is 82.9 Å². The van der Waals surface area contributed by atoms with Crippen molar-refractivity contribution in [1.82, 2.24) is 14.7 Å². The van der Waals surface area contributed by atoms with Gasteiger partial charge in [0.15, 0.2) is 6.61 Å². The van der Waals surface area contributed by atoms with Crippen molar-refractivity contribution in [3.8, 4) is 11.6 Å². The lowest BCUT2D eigenvalue weighted by atomic mass is 9.88. The fourth-order valence-corrected chi connectivity index (χ4v) is 4.06. The first-order valence-electron chi connectivity index (χ1n) is 10.4. The Labute approximate surface area is 196 Å². The second kappa shape index (κ2) is 9.54. The number of esters is 1. The van der Waals surface area contributed by atoms with Crippen molar-refractivity contribution in [2.24, 2.45) is 7.05 Å². The Hall–Kier alpha value is -3.52. The van der Waals surface area contributed by atoms with Crippen LogP contribution in [0.25, 0.3) is 0 Å². The van der Waals surface area contributed by atoms with Crippen molar-refractivity contribution in [1.29, 1.82) is 0 Å². The molecule has 2 heterocycles. The number of carbonyl (C=O) groups excluding carboxylic acids is 2. The van der Waals surface area contributed by atoms with E-state index in [4.69, 9.17) is 25.8 Å². The van der Waals surface area contributed by atoms with E-state index in [0.717, 1.165) is 16.8 Å². The predicted molar refractivity (Wildman–Crippen MR) is 122 cm³/mol. The lowest BCUT2D eigenvalue weighted by Gasteiger charge is -2.37. The Balaban J connectivity index is 1.74. The van der Waals surface area contributed by atoms with Crippen molar-refractivity contribution in [2.75, 3.05) is 20.3 Å². The summed E-state index contributed by atoms with van der Waals surface area (Å²) < 4.78 is 17.7. The molecule has 1 aliphatic heterocycles. The van der Waals surface area contributed by atoms with Crippen molar-refractivity contribution in [3.63, 3.8) is 0 Å². The van der Waals surface area contributed by atoms with E-state index in [1.54, 1.807) is 40.9 Å². The molecule has 1 aromatic heterocycles. The number of amides is 1. The van der Waals surface area contributed by atoms with E-state index in [-0.39, 0.29) is 12.5 Å². The van der Waals surface area contributed by atoms with E-state index in [2.05, 4.69) is 5.10 Å². The van der Waals surface area contributed by atoms with E-state index in [1.165, 1.54) is 7.11 Å². The fourth-order valence-electron chi connectivity index (χ4n) is 3.88. The SMILES string of the molecule is COC(=O)COc1ccc(Cl)cc1C1c2ccccc2CCN1C(=O)Oc1cc(C)n(C)n1. The van der Waals surface area contributed by atoms with Crippen molar-refractivity contribution < 1.29 is 23.8 Å². The molecule has 1 amide bonds. The zero-order valence-corrected chi connectivity index (χ0v) is 19.3. The van der Waals surface area contributed by atoms with Crippen molar-refractivity contribution >= 4 is 23.7 Å². The lowest BCUT2D eigenvalue weighted by Crippen LogP contribution is -2.42. The molecule has 0 spiro atoms. The van der Waals surface area contributed by atoms with E-state index in [0.29, 0.717) is 29.3 Å². The quantitative estimate of drug-likeness (QED) is 0.523. The molecular weight excluding hydrogens is 446 g/mol. The molecule has 3 aromatic rings. The molecule has 1 unspecified atom stereocenters. The van der Waals surface area contributed by atoms with Gasteiger partial charge in [0.05, 0.1) is 13.2 Å². The van der Waals surface area contributed by atoms with E-state index in [1.807, 2.05) is 31.2 Å². The Morgan fingerprint density at radius 1 is 1.15 bits per heavy atom. The molecular formula is C24H24ClN3O5. The summed E-state index contributed by atoms with van der Waals surface area (Å²) in [7, 11) is 3.08. The molecule has 4 rings (SSSR count). The Kier molecular flexibility index (Phi) is 6.55. The van der Waals surface area contributed by atoms with Crippen LogP contribution in [0.4, 0.5) is 4.79 Å². The van der Waals surface area contributed by atoms with Crippen LogP contribution in [-0.4, -0.2) is 47.0 Å². The smallest absolute Gasteiger partial charge is 0.417 e. The molecule has 0 N–H and O–H groups in total. The summed E-state index contributed by atoms with van der Waals surface area (Å²) in [5.41, 5.74) is 3.56. The zero-order chi connectivity index (χ0) is 23.5. The van der Waals surface area contributed by atoms with Crippen LogP contribution in [0.3, 0.4) is 0 Å². The molecule has 0 saturated heterocycles. The van der Waals surface area contributed by atoms with Crippen LogP contribution in [0.1, 0.15) is 28.4 Å². The Bertz CT molecular complexity index is 1170. The molecule has 0 bridgehead atoms. The Morgan fingerprint density at radius 3 is 2.67 bits per heavy atom. The number of aromatic nitrogens is 2. The molecule has 0 aliphatic carbocycles. The van der Waals surface area contributed by atoms with Gasteiger partial charge in [0, 0.05) is 35.9 Å². The van der Waals surface area contributed by atoms with Gasteiger partial charge in [-0.1, -0.05) is 35.9 Å². The number of benzene rings is 2. The van der Waals surface area contributed by atoms with E-state index >= 15 is 0 Å². The fraction of sp³-hybridized carbons (Fsp3) is 0.292. The van der Waals surface area contributed by atoms with Gasteiger partial charge >= 0.3 is 12.1 Å². The minimum Gasteiger partial charge on any atom is -0.482 e. The average Bonchev–Trinajstić information content (AvgIpc) is 3.13. The predicted octanol–water partition coefficient (Wildman–Crippen LogP) is 4.08. The molecule has 33 heavy (non-hydrogen) atoms. The highest BCUT2D eigenvalue weighted by molar-refractivity contribution is 6.30. The molecule has 2 aromatic carbocycles. The van der Waals surface area contributed by atoms with Gasteiger partial charge < -0.3 is 14.2 Å². The standard InChI is InChI=1S/C24H24ClN3O5/c1-15-12-21(26-27(15)2)33-24(30)28-11-10-16-6-4-5-7-18(16)23(28)19-13-17(25)8-9-20(19)32-14-22(29)31-3/h4-9,12-13,23H,10-11,14H2,1-3H3. The molecule has 0 saturated carbocycles. The largest absolute Gasteiger partial charge is 0.482 e. The number of carbonyl (C=O) groups is 2. The number of fused-ring (bicyclic) bond motifs is 1. The van der Waals surface area contributed by atoms with Crippen LogP contribution in [0.15, 0.2) is 48.5 Å². The monoisotopic (exact) mass is 469 g/mol. The van der Waals surface area contributed by atoms with Gasteiger partial charge in [0.25, 0.3) is 0 Å². The van der Waals surface area contributed by atoms with Gasteiger partial charge in [0.2, 0.25) is 5.88 Å².